The van der Waals surface area contributed by atoms with E-state index >= 15 is 0 Å². The van der Waals surface area contributed by atoms with Gasteiger partial charge in [-0.25, -0.2) is 18.3 Å². The zero-order chi connectivity index (χ0) is 11.9. The minimum atomic E-state index is -2.73. The molecule has 16 heavy (non-hydrogen) atoms. The first-order valence-electron chi connectivity index (χ1n) is 4.90. The van der Waals surface area contributed by atoms with Crippen LogP contribution < -0.4 is 5.56 Å². The summed E-state index contributed by atoms with van der Waals surface area (Å²) in [6.45, 7) is 3.81. The Kier molecular flexibility index (Phi) is 2.49. The molecule has 0 unspecified atom stereocenters. The van der Waals surface area contributed by atoms with Gasteiger partial charge in [-0.1, -0.05) is 13.8 Å². The lowest BCUT2D eigenvalue weighted by Gasteiger charge is -2.03. The molecule has 0 aliphatic rings. The Balaban J connectivity index is 2.76. The van der Waals surface area contributed by atoms with Gasteiger partial charge in [0.1, 0.15) is 5.69 Å². The molecule has 0 atom stereocenters. The van der Waals surface area contributed by atoms with Crippen molar-refractivity contribution in [3.8, 4) is 0 Å². The monoisotopic (exact) mass is 227 g/mol. The number of hydrogen-bond acceptors (Lipinski definition) is 2. The Bertz CT molecular complexity index is 571. The molecular weight excluding hydrogens is 216 g/mol. The van der Waals surface area contributed by atoms with Gasteiger partial charge in [0.15, 0.2) is 5.65 Å². The van der Waals surface area contributed by atoms with E-state index in [1.165, 1.54) is 4.52 Å². The van der Waals surface area contributed by atoms with Crippen LogP contribution in [0.2, 0.25) is 0 Å². The number of nitrogens with zero attached hydrogens (tertiary/aromatic N) is 2. The molecule has 0 spiro atoms. The number of H-pyrrole nitrogens is 1. The molecule has 0 radical (unpaired) electrons. The number of nitrogens with one attached hydrogen (secondary N) is 1. The topological polar surface area (TPSA) is 50.2 Å². The average Bonchev–Trinajstić information content (AvgIpc) is 2.61. The van der Waals surface area contributed by atoms with Crippen LogP contribution in [0.15, 0.2) is 17.1 Å². The predicted molar refractivity (Wildman–Crippen MR) is 54.9 cm³/mol. The number of hydrogen-bond donors (Lipinski definition) is 1. The lowest BCUT2D eigenvalue weighted by atomic mass is 10.1. The zero-order valence-corrected chi connectivity index (χ0v) is 8.87. The minimum Gasteiger partial charge on any atom is -0.297 e. The fourth-order valence-electron chi connectivity index (χ4n) is 1.55. The van der Waals surface area contributed by atoms with Crippen LogP contribution in [0.4, 0.5) is 8.78 Å². The highest BCUT2D eigenvalue weighted by molar-refractivity contribution is 5.48. The van der Waals surface area contributed by atoms with Gasteiger partial charge >= 0.3 is 0 Å². The van der Waals surface area contributed by atoms with Crippen LogP contribution in [0.5, 0.6) is 0 Å². The van der Waals surface area contributed by atoms with Crippen LogP contribution in [0.1, 0.15) is 37.4 Å². The van der Waals surface area contributed by atoms with E-state index in [0.717, 1.165) is 11.6 Å². The summed E-state index contributed by atoms with van der Waals surface area (Å²) in [4.78, 5) is 15.3. The highest BCUT2D eigenvalue weighted by Gasteiger charge is 2.15. The molecule has 2 aromatic heterocycles. The van der Waals surface area contributed by atoms with Gasteiger partial charge < -0.3 is 0 Å². The second-order valence-electron chi connectivity index (χ2n) is 3.86. The van der Waals surface area contributed by atoms with E-state index in [-0.39, 0.29) is 11.6 Å². The van der Waals surface area contributed by atoms with Gasteiger partial charge in [0, 0.05) is 17.8 Å². The van der Waals surface area contributed by atoms with Crippen LogP contribution in [0, 0.1) is 0 Å². The van der Waals surface area contributed by atoms with Crippen LogP contribution in [-0.4, -0.2) is 14.6 Å². The highest BCUT2D eigenvalue weighted by Crippen LogP contribution is 2.20. The van der Waals surface area contributed by atoms with Crippen molar-refractivity contribution in [3.63, 3.8) is 0 Å². The maximum atomic E-state index is 12.5. The van der Waals surface area contributed by atoms with Crippen molar-refractivity contribution < 1.29 is 8.78 Å². The van der Waals surface area contributed by atoms with Crippen LogP contribution in [0.25, 0.3) is 5.65 Å². The fraction of sp³-hybridized carbons (Fsp3) is 0.400. The molecule has 0 aliphatic carbocycles. The van der Waals surface area contributed by atoms with E-state index in [0.29, 0.717) is 0 Å². The van der Waals surface area contributed by atoms with E-state index in [4.69, 9.17) is 0 Å². The van der Waals surface area contributed by atoms with Gasteiger partial charge in [0.25, 0.3) is 12.0 Å². The maximum absolute atomic E-state index is 12.5. The summed E-state index contributed by atoms with van der Waals surface area (Å²) in [5.41, 5.74) is 0.0242. The Labute approximate surface area is 89.9 Å². The van der Waals surface area contributed by atoms with Crippen molar-refractivity contribution in [1.82, 2.24) is 14.6 Å². The molecule has 4 nitrogen and oxygen atoms in total. The van der Waals surface area contributed by atoms with Crippen molar-refractivity contribution in [2.24, 2.45) is 0 Å². The molecule has 0 amide bonds. The van der Waals surface area contributed by atoms with Gasteiger partial charge in [-0.05, 0) is 5.92 Å². The molecule has 2 rings (SSSR count). The summed E-state index contributed by atoms with van der Waals surface area (Å²) in [5.74, 6) is 0.112. The van der Waals surface area contributed by atoms with E-state index in [9.17, 15) is 13.6 Å². The largest absolute Gasteiger partial charge is 0.297 e. The molecule has 2 heterocycles. The highest BCUT2D eigenvalue weighted by atomic mass is 19.3. The maximum Gasteiger partial charge on any atom is 0.280 e. The summed E-state index contributed by atoms with van der Waals surface area (Å²) in [6, 6.07) is 0.846. The van der Waals surface area contributed by atoms with Crippen molar-refractivity contribution in [3.05, 3.63) is 33.9 Å². The number of aromatic amines is 1. The predicted octanol–water partition coefficient (Wildman–Crippen LogP) is 2.08. The Morgan fingerprint density at radius 2 is 2.12 bits per heavy atom. The van der Waals surface area contributed by atoms with Gasteiger partial charge in [-0.3, -0.25) is 9.89 Å². The number of halogens is 2. The molecule has 0 saturated carbocycles. The number of fused-ring (bicyclic) bond motifs is 1. The lowest BCUT2D eigenvalue weighted by molar-refractivity contribution is 0.146. The summed E-state index contributed by atoms with van der Waals surface area (Å²) in [7, 11) is 0. The zero-order valence-electron chi connectivity index (χ0n) is 8.87. The SMILES string of the molecule is CC(C)c1c[nH]n2c(=O)cc(C(F)F)nc12. The lowest BCUT2D eigenvalue weighted by Crippen LogP contribution is -2.16. The van der Waals surface area contributed by atoms with Crippen molar-refractivity contribution >= 4 is 5.65 Å². The molecule has 0 aliphatic heterocycles. The van der Waals surface area contributed by atoms with Gasteiger partial charge in [0.2, 0.25) is 0 Å². The van der Waals surface area contributed by atoms with E-state index < -0.39 is 17.7 Å². The first-order valence-corrected chi connectivity index (χ1v) is 4.90. The smallest absolute Gasteiger partial charge is 0.280 e. The standard InChI is InChI=1S/C10H11F2N3O/c1-5(2)6-4-13-15-8(16)3-7(9(11)12)14-10(6)15/h3-5,9,13H,1-2H3. The molecule has 0 bridgehead atoms. The number of aromatic nitrogens is 3. The fourth-order valence-corrected chi connectivity index (χ4v) is 1.55. The Morgan fingerprint density at radius 1 is 1.44 bits per heavy atom. The second-order valence-corrected chi connectivity index (χ2v) is 3.86. The molecule has 1 N–H and O–H groups in total. The van der Waals surface area contributed by atoms with Gasteiger partial charge in [0.05, 0.1) is 0 Å². The van der Waals surface area contributed by atoms with Crippen LogP contribution in [-0.2, 0) is 0 Å². The first-order chi connectivity index (χ1) is 7.50. The van der Waals surface area contributed by atoms with Crippen LogP contribution >= 0.6 is 0 Å². The Morgan fingerprint density at radius 3 is 2.69 bits per heavy atom. The molecule has 6 heteroatoms. The van der Waals surface area contributed by atoms with Gasteiger partial charge in [-0.2, -0.15) is 0 Å². The molecule has 0 fully saturated rings. The third-order valence-corrected chi connectivity index (χ3v) is 2.39. The third-order valence-electron chi connectivity index (χ3n) is 2.39. The number of alkyl halides is 2. The summed E-state index contributed by atoms with van der Waals surface area (Å²) < 4.78 is 26.2. The summed E-state index contributed by atoms with van der Waals surface area (Å²) in [5, 5.41) is 2.70. The first kappa shape index (κ1) is 10.8. The molecular formula is C10H11F2N3O. The average molecular weight is 227 g/mol. The molecule has 0 aromatic carbocycles. The molecule has 2 aromatic rings. The molecule has 86 valence electrons. The van der Waals surface area contributed by atoms with Gasteiger partial charge in [-0.15, -0.1) is 0 Å². The Hall–Kier alpha value is -1.72. The van der Waals surface area contributed by atoms with Crippen molar-refractivity contribution in [2.75, 3.05) is 0 Å². The van der Waals surface area contributed by atoms with E-state index in [1.54, 1.807) is 6.20 Å². The quantitative estimate of drug-likeness (QED) is 0.853. The molecule has 0 saturated heterocycles. The number of rotatable bonds is 2. The van der Waals surface area contributed by atoms with E-state index in [1.807, 2.05) is 13.8 Å². The summed E-state index contributed by atoms with van der Waals surface area (Å²) in [6.07, 6.45) is -1.11. The van der Waals surface area contributed by atoms with E-state index in [2.05, 4.69) is 10.1 Å². The summed E-state index contributed by atoms with van der Waals surface area (Å²) >= 11 is 0. The normalized spacial score (nSPS) is 11.9. The minimum absolute atomic E-state index is 0.112. The second kappa shape index (κ2) is 3.70. The van der Waals surface area contributed by atoms with Crippen LogP contribution in [0.3, 0.4) is 0 Å². The van der Waals surface area contributed by atoms with Crippen molar-refractivity contribution in [2.45, 2.75) is 26.2 Å². The van der Waals surface area contributed by atoms with Crippen molar-refractivity contribution in [1.29, 1.82) is 0 Å². The third kappa shape index (κ3) is 1.60.